The predicted molar refractivity (Wildman–Crippen MR) is 72.4 cm³/mol. The molecule has 0 fully saturated rings. The average Bonchev–Trinajstić information content (AvgIpc) is 2.43. The van der Waals surface area contributed by atoms with Gasteiger partial charge in [-0.15, -0.1) is 0 Å². The van der Waals surface area contributed by atoms with Gasteiger partial charge in [0.25, 0.3) is 11.6 Å². The molecule has 21 heavy (non-hydrogen) atoms. The lowest BCUT2D eigenvalue weighted by Crippen LogP contribution is -2.13. The summed E-state index contributed by atoms with van der Waals surface area (Å²) in [4.78, 5) is 21.9. The van der Waals surface area contributed by atoms with Crippen LogP contribution in [0.3, 0.4) is 0 Å². The van der Waals surface area contributed by atoms with Crippen LogP contribution in [0.15, 0.2) is 36.4 Å². The summed E-state index contributed by atoms with van der Waals surface area (Å²) < 4.78 is 25.8. The Balaban J connectivity index is 2.28. The smallest absolute Gasteiger partial charge is 0.271 e. The van der Waals surface area contributed by atoms with Gasteiger partial charge < -0.3 is 5.32 Å². The van der Waals surface area contributed by atoms with Crippen molar-refractivity contribution in [3.63, 3.8) is 0 Å². The number of benzene rings is 2. The van der Waals surface area contributed by atoms with Crippen LogP contribution in [0.25, 0.3) is 0 Å². The van der Waals surface area contributed by atoms with Gasteiger partial charge in [-0.05, 0) is 24.3 Å². The summed E-state index contributed by atoms with van der Waals surface area (Å²) in [6.45, 7) is 0. The van der Waals surface area contributed by atoms with Crippen molar-refractivity contribution in [2.24, 2.45) is 0 Å². The fourth-order valence-corrected chi connectivity index (χ4v) is 1.72. The molecule has 0 aromatic heterocycles. The standard InChI is InChI=1S/C13H7ClF2N2O3/c14-9-3-2-8(18(20)21)6-12(9)17-13(19)7-1-4-10(15)11(16)5-7/h1-6H,(H,17,19). The number of nitrogens with one attached hydrogen (secondary N) is 1. The van der Waals surface area contributed by atoms with Crippen molar-refractivity contribution in [1.29, 1.82) is 0 Å². The minimum atomic E-state index is -1.17. The van der Waals surface area contributed by atoms with Gasteiger partial charge in [0.15, 0.2) is 11.6 Å². The number of non-ortho nitro benzene ring substituents is 1. The van der Waals surface area contributed by atoms with Gasteiger partial charge in [-0.3, -0.25) is 14.9 Å². The van der Waals surface area contributed by atoms with E-state index in [0.717, 1.165) is 24.3 Å². The number of carbonyl (C=O) groups is 1. The molecule has 2 aromatic rings. The molecule has 5 nitrogen and oxygen atoms in total. The Bertz CT molecular complexity index is 737. The quantitative estimate of drug-likeness (QED) is 0.692. The van der Waals surface area contributed by atoms with Crippen LogP contribution in [0.4, 0.5) is 20.2 Å². The van der Waals surface area contributed by atoms with E-state index < -0.39 is 22.5 Å². The van der Waals surface area contributed by atoms with Crippen molar-refractivity contribution in [3.8, 4) is 0 Å². The molecule has 2 aromatic carbocycles. The van der Waals surface area contributed by atoms with E-state index in [1.807, 2.05) is 0 Å². The molecule has 108 valence electrons. The summed E-state index contributed by atoms with van der Waals surface area (Å²) in [6.07, 6.45) is 0. The summed E-state index contributed by atoms with van der Waals surface area (Å²) in [6, 6.07) is 6.10. The monoisotopic (exact) mass is 312 g/mol. The number of hydrogen-bond acceptors (Lipinski definition) is 3. The number of rotatable bonds is 3. The molecule has 0 heterocycles. The van der Waals surface area contributed by atoms with Crippen LogP contribution in [-0.2, 0) is 0 Å². The van der Waals surface area contributed by atoms with E-state index in [2.05, 4.69) is 5.32 Å². The number of hydrogen-bond donors (Lipinski definition) is 1. The van der Waals surface area contributed by atoms with Crippen molar-refractivity contribution < 1.29 is 18.5 Å². The molecule has 0 aliphatic carbocycles. The third-order valence-electron chi connectivity index (χ3n) is 2.59. The van der Waals surface area contributed by atoms with Gasteiger partial charge in [0.2, 0.25) is 0 Å². The molecule has 8 heteroatoms. The molecule has 1 amide bonds. The van der Waals surface area contributed by atoms with Gasteiger partial charge >= 0.3 is 0 Å². The van der Waals surface area contributed by atoms with Gasteiger partial charge in [-0.2, -0.15) is 0 Å². The molecular formula is C13H7ClF2N2O3. The van der Waals surface area contributed by atoms with E-state index in [1.54, 1.807) is 0 Å². The topological polar surface area (TPSA) is 72.2 Å². The van der Waals surface area contributed by atoms with Crippen LogP contribution in [0.5, 0.6) is 0 Å². The maximum atomic E-state index is 13.1. The molecular weight excluding hydrogens is 306 g/mol. The van der Waals surface area contributed by atoms with Crippen molar-refractivity contribution >= 4 is 28.9 Å². The van der Waals surface area contributed by atoms with Crippen molar-refractivity contribution in [1.82, 2.24) is 0 Å². The van der Waals surface area contributed by atoms with E-state index in [-0.39, 0.29) is 22.0 Å². The molecule has 0 bridgehead atoms. The summed E-state index contributed by atoms with van der Waals surface area (Å²) in [5, 5.41) is 13.0. The zero-order valence-corrected chi connectivity index (χ0v) is 11.0. The molecule has 1 N–H and O–H groups in total. The van der Waals surface area contributed by atoms with Crippen LogP contribution in [0, 0.1) is 21.7 Å². The number of nitro groups is 1. The SMILES string of the molecule is O=C(Nc1cc([N+](=O)[O-])ccc1Cl)c1ccc(F)c(F)c1. The third-order valence-corrected chi connectivity index (χ3v) is 2.92. The summed E-state index contributed by atoms with van der Waals surface area (Å²) in [7, 11) is 0. The Kier molecular flexibility index (Phi) is 4.13. The van der Waals surface area contributed by atoms with Gasteiger partial charge in [0.05, 0.1) is 15.6 Å². The number of halogens is 3. The normalized spacial score (nSPS) is 10.2. The Morgan fingerprint density at radius 3 is 2.48 bits per heavy atom. The number of carbonyl (C=O) groups excluding carboxylic acids is 1. The summed E-state index contributed by atoms with van der Waals surface area (Å²) in [5.74, 6) is -3.02. The Hall–Kier alpha value is -2.54. The number of nitrogens with zero attached hydrogens (tertiary/aromatic N) is 1. The number of amides is 1. The summed E-state index contributed by atoms with van der Waals surface area (Å²) >= 11 is 5.82. The highest BCUT2D eigenvalue weighted by Crippen LogP contribution is 2.27. The van der Waals surface area contributed by atoms with Crippen LogP contribution in [0.1, 0.15) is 10.4 Å². The average molecular weight is 313 g/mol. The Morgan fingerprint density at radius 2 is 1.86 bits per heavy atom. The van der Waals surface area contributed by atoms with Gasteiger partial charge in [0, 0.05) is 17.7 Å². The third kappa shape index (κ3) is 3.32. The molecule has 0 saturated heterocycles. The minimum Gasteiger partial charge on any atom is -0.320 e. The largest absolute Gasteiger partial charge is 0.320 e. The van der Waals surface area contributed by atoms with Gasteiger partial charge in [-0.1, -0.05) is 11.6 Å². The van der Waals surface area contributed by atoms with E-state index in [4.69, 9.17) is 11.6 Å². The van der Waals surface area contributed by atoms with Crippen molar-refractivity contribution in [2.75, 3.05) is 5.32 Å². The fourth-order valence-electron chi connectivity index (χ4n) is 1.55. The maximum absolute atomic E-state index is 13.1. The maximum Gasteiger partial charge on any atom is 0.271 e. The number of nitro benzene ring substituents is 1. The Morgan fingerprint density at radius 1 is 1.14 bits per heavy atom. The first-order chi connectivity index (χ1) is 9.88. The van der Waals surface area contributed by atoms with Crippen molar-refractivity contribution in [2.45, 2.75) is 0 Å². The number of anilines is 1. The van der Waals surface area contributed by atoms with Crippen LogP contribution < -0.4 is 5.32 Å². The highest BCUT2D eigenvalue weighted by atomic mass is 35.5. The fraction of sp³-hybridized carbons (Fsp3) is 0. The molecule has 0 radical (unpaired) electrons. The molecule has 2 rings (SSSR count). The van der Waals surface area contributed by atoms with Gasteiger partial charge in [0.1, 0.15) is 0 Å². The zero-order chi connectivity index (χ0) is 15.6. The van der Waals surface area contributed by atoms with Crippen LogP contribution in [-0.4, -0.2) is 10.8 Å². The minimum absolute atomic E-state index is 0.000555. The molecule has 0 aliphatic heterocycles. The highest BCUT2D eigenvalue weighted by Gasteiger charge is 2.14. The first kappa shape index (κ1) is 14.9. The lowest BCUT2D eigenvalue weighted by atomic mass is 10.2. The second-order valence-corrected chi connectivity index (χ2v) is 4.41. The van der Waals surface area contributed by atoms with E-state index >= 15 is 0 Å². The second-order valence-electron chi connectivity index (χ2n) is 4.00. The van der Waals surface area contributed by atoms with E-state index in [0.29, 0.717) is 0 Å². The Labute approximate surface area is 122 Å². The molecule has 0 aliphatic rings. The van der Waals surface area contributed by atoms with Crippen LogP contribution in [0.2, 0.25) is 5.02 Å². The first-order valence-electron chi connectivity index (χ1n) is 5.59. The van der Waals surface area contributed by atoms with Crippen LogP contribution >= 0.6 is 11.6 Å². The highest BCUT2D eigenvalue weighted by molar-refractivity contribution is 6.34. The molecule has 0 spiro atoms. The van der Waals surface area contributed by atoms with E-state index in [1.165, 1.54) is 12.1 Å². The first-order valence-corrected chi connectivity index (χ1v) is 5.96. The lowest BCUT2D eigenvalue weighted by molar-refractivity contribution is -0.384. The molecule has 0 unspecified atom stereocenters. The molecule has 0 saturated carbocycles. The predicted octanol–water partition coefficient (Wildman–Crippen LogP) is 3.78. The van der Waals surface area contributed by atoms with E-state index in [9.17, 15) is 23.7 Å². The lowest BCUT2D eigenvalue weighted by Gasteiger charge is -2.07. The molecule has 0 atom stereocenters. The zero-order valence-electron chi connectivity index (χ0n) is 10.3. The second kappa shape index (κ2) is 5.84. The van der Waals surface area contributed by atoms with Gasteiger partial charge in [-0.25, -0.2) is 8.78 Å². The van der Waals surface area contributed by atoms with Crippen molar-refractivity contribution in [3.05, 3.63) is 68.7 Å². The summed E-state index contributed by atoms with van der Waals surface area (Å²) in [5.41, 5.74) is -0.406.